The van der Waals surface area contributed by atoms with Crippen LogP contribution in [-0.4, -0.2) is 62.5 Å². The van der Waals surface area contributed by atoms with Gasteiger partial charge in [-0.1, -0.05) is 0 Å². The van der Waals surface area contributed by atoms with Crippen LogP contribution in [0.4, 0.5) is 26.7 Å². The van der Waals surface area contributed by atoms with E-state index in [9.17, 15) is 32.1 Å². The van der Waals surface area contributed by atoms with Crippen LogP contribution in [0.2, 0.25) is 0 Å². The molecule has 16 heteroatoms. The summed E-state index contributed by atoms with van der Waals surface area (Å²) in [6, 6.07) is 1.67. The van der Waals surface area contributed by atoms with Gasteiger partial charge in [-0.05, 0) is 63.9 Å². The Morgan fingerprint density at radius 1 is 1.14 bits per heavy atom. The largest absolute Gasteiger partial charge is 0.598 e. The molecular formula is C28H31F5N4O6S. The molecule has 2 unspecified atom stereocenters. The molecule has 4 amide bonds. The van der Waals surface area contributed by atoms with Gasteiger partial charge in [-0.3, -0.25) is 19.8 Å². The molecule has 1 aromatic carbocycles. The van der Waals surface area contributed by atoms with E-state index < -0.39 is 82.2 Å². The Hall–Kier alpha value is -3.34. The second-order valence-corrected chi connectivity index (χ2v) is 13.3. The first-order valence-corrected chi connectivity index (χ1v) is 14.8. The minimum atomic E-state index is -4.68. The number of ether oxygens (including phenoxy) is 2. The number of hydrogen-bond donors (Lipinski definition) is 2. The fraction of sp³-hybridized carbons (Fsp3) is 0.500. The number of pyridine rings is 1. The standard InChI is InChI=1S/C28H31F5N4O6S/c1-27(2,3)44(41)36-23(18-12-16(4-6-20(18)29)43-17-5-7-22(34-14-17)28(31,32)33)21(30)13-19-24(38)35-26(40)37(25(19)39)15-8-10-42-11-9-15/h4-7,12,14-15,19,21,23,36H,8-11,13H2,1-3H3,(H,35,38,40)/t19?,21-,23-,44?/m0/s1. The molecule has 2 fully saturated rings. The van der Waals surface area contributed by atoms with Crippen LogP contribution in [0, 0.1) is 11.7 Å². The summed E-state index contributed by atoms with van der Waals surface area (Å²) in [5.74, 6) is -4.75. The van der Waals surface area contributed by atoms with Crippen molar-refractivity contribution >= 4 is 29.2 Å². The number of hydrogen-bond acceptors (Lipinski definition) is 8. The van der Waals surface area contributed by atoms with Gasteiger partial charge in [0, 0.05) is 42.6 Å². The maximum Gasteiger partial charge on any atom is 0.433 e. The van der Waals surface area contributed by atoms with Gasteiger partial charge in [-0.2, -0.15) is 13.2 Å². The van der Waals surface area contributed by atoms with E-state index in [4.69, 9.17) is 9.47 Å². The molecule has 0 aliphatic carbocycles. The number of carbonyl (C=O) groups is 3. The van der Waals surface area contributed by atoms with Gasteiger partial charge >= 0.3 is 12.2 Å². The fourth-order valence-corrected chi connectivity index (χ4v) is 5.54. The summed E-state index contributed by atoms with van der Waals surface area (Å²) >= 11 is -1.97. The number of rotatable bonds is 9. The topological polar surface area (TPSA) is 133 Å². The van der Waals surface area contributed by atoms with Gasteiger partial charge in [-0.25, -0.2) is 18.6 Å². The molecule has 4 atom stereocenters. The number of imide groups is 2. The third-order valence-electron chi connectivity index (χ3n) is 7.03. The summed E-state index contributed by atoms with van der Waals surface area (Å²) in [6.07, 6.45) is -6.17. The molecule has 0 radical (unpaired) electrons. The highest BCUT2D eigenvalue weighted by molar-refractivity contribution is 7.90. The first-order valence-electron chi connectivity index (χ1n) is 13.6. The third-order valence-corrected chi connectivity index (χ3v) is 8.62. The van der Waals surface area contributed by atoms with Gasteiger partial charge in [0.05, 0.1) is 6.20 Å². The highest BCUT2D eigenvalue weighted by Crippen LogP contribution is 2.35. The first-order chi connectivity index (χ1) is 20.6. The molecule has 0 spiro atoms. The molecule has 240 valence electrons. The lowest BCUT2D eigenvalue weighted by atomic mass is 9.91. The molecule has 0 saturated carbocycles. The van der Waals surface area contributed by atoms with Crippen LogP contribution in [0.1, 0.15) is 57.3 Å². The predicted molar refractivity (Wildman–Crippen MR) is 147 cm³/mol. The zero-order chi connectivity index (χ0) is 32.4. The molecule has 3 heterocycles. The zero-order valence-corrected chi connectivity index (χ0v) is 24.8. The van der Waals surface area contributed by atoms with E-state index in [1.165, 1.54) is 0 Å². The van der Waals surface area contributed by atoms with E-state index in [1.54, 1.807) is 20.8 Å². The van der Waals surface area contributed by atoms with E-state index in [0.717, 1.165) is 35.4 Å². The third kappa shape index (κ3) is 7.83. The van der Waals surface area contributed by atoms with E-state index in [-0.39, 0.29) is 30.3 Å². The Labute approximate surface area is 253 Å². The second-order valence-electron chi connectivity index (χ2n) is 11.3. The molecule has 0 bridgehead atoms. The van der Waals surface area contributed by atoms with Crippen LogP contribution in [-0.2, 0) is 31.9 Å². The average molecular weight is 647 g/mol. The second kappa shape index (κ2) is 13.3. The summed E-state index contributed by atoms with van der Waals surface area (Å²) in [5.41, 5.74) is -1.54. The fourth-order valence-electron chi connectivity index (χ4n) is 4.68. The SMILES string of the molecule is CC(C)(C)[S+]([O-])N[C@@H](c1cc(Oc2ccc(C(F)(F)F)nc2)ccc1F)[C@@H](F)CC1C(=O)NC(=O)N(C2CCOCC2)C1=O. The van der Waals surface area contributed by atoms with Crippen molar-refractivity contribution in [2.45, 2.75) is 69.2 Å². The number of barbiturate groups is 1. The summed E-state index contributed by atoms with van der Waals surface area (Å²) in [4.78, 5) is 42.7. The van der Waals surface area contributed by atoms with Gasteiger partial charge in [0.25, 0.3) is 0 Å². The van der Waals surface area contributed by atoms with Crippen LogP contribution in [0.15, 0.2) is 36.5 Å². The number of alkyl halides is 4. The van der Waals surface area contributed by atoms with Crippen molar-refractivity contribution in [3.05, 3.63) is 53.6 Å². The molecule has 2 N–H and O–H groups in total. The first kappa shape index (κ1) is 33.6. The van der Waals surface area contributed by atoms with Crippen LogP contribution in [0.3, 0.4) is 0 Å². The lowest BCUT2D eigenvalue weighted by Gasteiger charge is -2.38. The maximum atomic E-state index is 16.2. The lowest BCUT2D eigenvalue weighted by Crippen LogP contribution is -2.62. The van der Waals surface area contributed by atoms with Crippen molar-refractivity contribution in [2.75, 3.05) is 13.2 Å². The number of carbonyl (C=O) groups excluding carboxylic acids is 3. The van der Waals surface area contributed by atoms with E-state index in [1.807, 2.05) is 0 Å². The van der Waals surface area contributed by atoms with Crippen LogP contribution in [0.5, 0.6) is 11.5 Å². The molecule has 2 aliphatic rings. The van der Waals surface area contributed by atoms with Gasteiger partial charge in [0.1, 0.15) is 45.9 Å². The Morgan fingerprint density at radius 2 is 1.80 bits per heavy atom. The van der Waals surface area contributed by atoms with Crippen molar-refractivity contribution in [2.24, 2.45) is 5.92 Å². The number of aromatic nitrogens is 1. The van der Waals surface area contributed by atoms with Crippen molar-refractivity contribution in [1.29, 1.82) is 0 Å². The molecule has 10 nitrogen and oxygen atoms in total. The van der Waals surface area contributed by atoms with Crippen molar-refractivity contribution in [3.8, 4) is 11.5 Å². The number of nitrogens with one attached hydrogen (secondary N) is 2. The Kier molecular flexibility index (Phi) is 10.2. The van der Waals surface area contributed by atoms with E-state index in [2.05, 4.69) is 15.0 Å². The highest BCUT2D eigenvalue weighted by Gasteiger charge is 2.46. The number of benzene rings is 1. The minimum Gasteiger partial charge on any atom is -0.598 e. The Bertz CT molecular complexity index is 1370. The quantitative estimate of drug-likeness (QED) is 0.227. The van der Waals surface area contributed by atoms with Crippen LogP contribution >= 0.6 is 0 Å². The molecular weight excluding hydrogens is 615 g/mol. The van der Waals surface area contributed by atoms with E-state index >= 15 is 8.78 Å². The van der Waals surface area contributed by atoms with E-state index in [0.29, 0.717) is 18.9 Å². The summed E-state index contributed by atoms with van der Waals surface area (Å²) in [7, 11) is 0. The van der Waals surface area contributed by atoms with Gasteiger partial charge < -0.3 is 14.0 Å². The van der Waals surface area contributed by atoms with Gasteiger partial charge in [0.2, 0.25) is 11.8 Å². The molecule has 2 aliphatic heterocycles. The molecule has 2 aromatic rings. The van der Waals surface area contributed by atoms with Gasteiger partial charge in [0.15, 0.2) is 0 Å². The highest BCUT2D eigenvalue weighted by atomic mass is 32.2. The van der Waals surface area contributed by atoms with Crippen molar-refractivity contribution in [1.82, 2.24) is 19.9 Å². The van der Waals surface area contributed by atoms with Crippen molar-refractivity contribution in [3.63, 3.8) is 0 Å². The lowest BCUT2D eigenvalue weighted by molar-refractivity contribution is -0.146. The molecule has 1 aromatic heterocycles. The smallest absolute Gasteiger partial charge is 0.433 e. The number of amides is 4. The van der Waals surface area contributed by atoms with Crippen molar-refractivity contribution < 1.29 is 50.4 Å². The Balaban J connectivity index is 1.61. The molecule has 2 saturated heterocycles. The van der Waals surface area contributed by atoms with Gasteiger partial charge in [-0.15, -0.1) is 4.72 Å². The summed E-state index contributed by atoms with van der Waals surface area (Å²) in [5, 5.41) is 2.09. The van der Waals surface area contributed by atoms with Crippen LogP contribution in [0.25, 0.3) is 0 Å². The predicted octanol–water partition coefficient (Wildman–Crippen LogP) is 4.73. The number of urea groups is 1. The molecule has 44 heavy (non-hydrogen) atoms. The zero-order valence-electron chi connectivity index (χ0n) is 24.0. The summed E-state index contributed by atoms with van der Waals surface area (Å²) in [6.45, 7) is 5.34. The van der Waals surface area contributed by atoms with Crippen LogP contribution < -0.4 is 14.8 Å². The molecule has 4 rings (SSSR count). The average Bonchev–Trinajstić information content (AvgIpc) is 2.94. The number of halogens is 5. The minimum absolute atomic E-state index is 0.105. The monoisotopic (exact) mass is 646 g/mol. The normalized spacial score (nSPS) is 20.7. The Morgan fingerprint density at radius 3 is 2.39 bits per heavy atom. The number of nitrogens with zero attached hydrogens (tertiary/aromatic N) is 2. The summed E-state index contributed by atoms with van der Waals surface area (Å²) < 4.78 is 95.5. The maximum absolute atomic E-state index is 16.2.